The topological polar surface area (TPSA) is 0 Å². The van der Waals surface area contributed by atoms with Gasteiger partial charge in [0.1, 0.15) is 0 Å². The van der Waals surface area contributed by atoms with Crippen LogP contribution in [-0.2, 0) is 0 Å². The number of benzene rings is 1. The van der Waals surface area contributed by atoms with Crippen molar-refractivity contribution in [3.63, 3.8) is 0 Å². The predicted octanol–water partition coefficient (Wildman–Crippen LogP) is 9.94. The number of hydrogen-bond acceptors (Lipinski definition) is 0. The molecular formula is C26H52. The number of rotatable bonds is 1. The minimum Gasteiger partial charge on any atom is -0.0683 e. The summed E-state index contributed by atoms with van der Waals surface area (Å²) >= 11 is 0. The van der Waals surface area contributed by atoms with Gasteiger partial charge < -0.3 is 0 Å². The van der Waals surface area contributed by atoms with Gasteiger partial charge >= 0.3 is 0 Å². The van der Waals surface area contributed by atoms with E-state index in [1.807, 2.05) is 91.8 Å². The fourth-order valence-corrected chi connectivity index (χ4v) is 3.60. The molecule has 0 heterocycles. The van der Waals surface area contributed by atoms with E-state index in [1.54, 1.807) is 25.7 Å². The third-order valence-electron chi connectivity index (χ3n) is 4.63. The highest BCUT2D eigenvalue weighted by molar-refractivity contribution is 4.99. The molecule has 1 aromatic rings. The molecule has 0 nitrogen and oxygen atoms in total. The standard InChI is InChI=1S/C12H22.C6H6.4C2H6/c1-3-7-11(8-4-1)12-9-5-2-6-10-12;1-2-4-6-5-3-1;4*1-2/h11-12H,1-10H2;1-6H;4*1-2H3. The first-order valence-corrected chi connectivity index (χ1v) is 12.0. The number of hydrogen-bond donors (Lipinski definition) is 0. The van der Waals surface area contributed by atoms with Crippen LogP contribution in [-0.4, -0.2) is 0 Å². The Morgan fingerprint density at radius 3 is 0.731 bits per heavy atom. The summed E-state index contributed by atoms with van der Waals surface area (Å²) < 4.78 is 0. The summed E-state index contributed by atoms with van der Waals surface area (Å²) in [6, 6.07) is 12.0. The van der Waals surface area contributed by atoms with Crippen molar-refractivity contribution < 1.29 is 0 Å². The van der Waals surface area contributed by atoms with Gasteiger partial charge in [0.25, 0.3) is 0 Å². The Balaban J connectivity index is -0.000000321. The van der Waals surface area contributed by atoms with Crippen molar-refractivity contribution in [3.8, 4) is 0 Å². The lowest BCUT2D eigenvalue weighted by atomic mass is 9.73. The van der Waals surface area contributed by atoms with Crippen LogP contribution in [0.15, 0.2) is 36.4 Å². The molecule has 2 aliphatic rings. The first-order valence-electron chi connectivity index (χ1n) is 12.0. The van der Waals surface area contributed by atoms with Crippen LogP contribution < -0.4 is 0 Å². The fraction of sp³-hybridized carbons (Fsp3) is 0.769. The zero-order chi connectivity index (χ0) is 20.5. The Morgan fingerprint density at radius 1 is 0.346 bits per heavy atom. The van der Waals surface area contributed by atoms with Crippen LogP contribution in [0.25, 0.3) is 0 Å². The molecule has 1 aromatic carbocycles. The van der Waals surface area contributed by atoms with E-state index in [0.29, 0.717) is 0 Å². The zero-order valence-corrected chi connectivity index (χ0v) is 19.7. The van der Waals surface area contributed by atoms with Gasteiger partial charge in [-0.3, -0.25) is 0 Å². The summed E-state index contributed by atoms with van der Waals surface area (Å²) in [6.45, 7) is 16.0. The van der Waals surface area contributed by atoms with Crippen molar-refractivity contribution in [1.82, 2.24) is 0 Å². The van der Waals surface area contributed by atoms with Crippen LogP contribution in [0.5, 0.6) is 0 Å². The van der Waals surface area contributed by atoms with Gasteiger partial charge in [-0.25, -0.2) is 0 Å². The molecule has 0 amide bonds. The molecule has 0 heteroatoms. The maximum absolute atomic E-state index is 2.00. The third kappa shape index (κ3) is 18.0. The Morgan fingerprint density at radius 2 is 0.538 bits per heavy atom. The molecule has 0 N–H and O–H groups in total. The van der Waals surface area contributed by atoms with E-state index in [4.69, 9.17) is 0 Å². The quantitative estimate of drug-likeness (QED) is 0.465. The second-order valence-electron chi connectivity index (χ2n) is 5.95. The molecule has 2 saturated carbocycles. The summed E-state index contributed by atoms with van der Waals surface area (Å²) in [5, 5.41) is 0. The maximum Gasteiger partial charge on any atom is -0.0386 e. The molecule has 0 bridgehead atoms. The van der Waals surface area contributed by atoms with Crippen molar-refractivity contribution in [3.05, 3.63) is 36.4 Å². The molecule has 156 valence electrons. The largest absolute Gasteiger partial charge is 0.0683 e. The molecule has 0 atom stereocenters. The lowest BCUT2D eigenvalue weighted by Gasteiger charge is -2.32. The van der Waals surface area contributed by atoms with Gasteiger partial charge in [0.05, 0.1) is 0 Å². The van der Waals surface area contributed by atoms with Crippen molar-refractivity contribution in [2.45, 2.75) is 120 Å². The van der Waals surface area contributed by atoms with Gasteiger partial charge in [-0.1, -0.05) is 156 Å². The zero-order valence-electron chi connectivity index (χ0n) is 19.7. The van der Waals surface area contributed by atoms with Gasteiger partial charge in [-0.15, -0.1) is 0 Å². The van der Waals surface area contributed by atoms with Crippen LogP contribution in [0.2, 0.25) is 0 Å². The van der Waals surface area contributed by atoms with Gasteiger partial charge in [0, 0.05) is 0 Å². The molecule has 0 spiro atoms. The highest BCUT2D eigenvalue weighted by Crippen LogP contribution is 2.37. The highest BCUT2D eigenvalue weighted by Gasteiger charge is 2.24. The summed E-state index contributed by atoms with van der Waals surface area (Å²) in [4.78, 5) is 0. The molecule has 2 fully saturated rings. The molecule has 0 unspecified atom stereocenters. The Kier molecular flexibility index (Phi) is 33.4. The average molecular weight is 365 g/mol. The molecule has 0 aromatic heterocycles. The molecule has 0 radical (unpaired) electrons. The fourth-order valence-electron chi connectivity index (χ4n) is 3.60. The predicted molar refractivity (Wildman–Crippen MR) is 125 cm³/mol. The van der Waals surface area contributed by atoms with E-state index in [1.165, 1.54) is 38.5 Å². The molecule has 3 rings (SSSR count). The molecule has 0 aliphatic heterocycles. The lowest BCUT2D eigenvalue weighted by Crippen LogP contribution is -2.20. The molecular weight excluding hydrogens is 312 g/mol. The molecule has 26 heavy (non-hydrogen) atoms. The Labute approximate surface area is 168 Å². The van der Waals surface area contributed by atoms with Gasteiger partial charge in [-0.2, -0.15) is 0 Å². The van der Waals surface area contributed by atoms with Crippen molar-refractivity contribution in [1.29, 1.82) is 0 Å². The van der Waals surface area contributed by atoms with E-state index in [9.17, 15) is 0 Å². The normalized spacial score (nSPS) is 16.2. The molecule has 0 saturated heterocycles. The van der Waals surface area contributed by atoms with E-state index in [0.717, 1.165) is 11.8 Å². The monoisotopic (exact) mass is 364 g/mol. The second kappa shape index (κ2) is 29.0. The first kappa shape index (κ1) is 30.0. The van der Waals surface area contributed by atoms with Crippen molar-refractivity contribution >= 4 is 0 Å². The highest BCUT2D eigenvalue weighted by atomic mass is 14.3. The Bertz CT molecular complexity index is 235. The maximum atomic E-state index is 2.00. The lowest BCUT2D eigenvalue weighted by molar-refractivity contribution is 0.196. The van der Waals surface area contributed by atoms with Gasteiger partial charge in [0.15, 0.2) is 0 Å². The third-order valence-corrected chi connectivity index (χ3v) is 4.63. The summed E-state index contributed by atoms with van der Waals surface area (Å²) in [5.41, 5.74) is 0. The van der Waals surface area contributed by atoms with E-state index in [2.05, 4.69) is 0 Å². The van der Waals surface area contributed by atoms with Gasteiger partial charge in [-0.05, 0) is 11.8 Å². The summed E-state index contributed by atoms with van der Waals surface area (Å²) in [5.74, 6) is 2.28. The summed E-state index contributed by atoms with van der Waals surface area (Å²) in [6.07, 6.45) is 15.4. The van der Waals surface area contributed by atoms with E-state index >= 15 is 0 Å². The average Bonchev–Trinajstić information content (AvgIpc) is 2.82. The Hall–Kier alpha value is -0.780. The van der Waals surface area contributed by atoms with Gasteiger partial charge in [0.2, 0.25) is 0 Å². The van der Waals surface area contributed by atoms with Crippen LogP contribution in [0, 0.1) is 11.8 Å². The van der Waals surface area contributed by atoms with Crippen molar-refractivity contribution in [2.24, 2.45) is 11.8 Å². The van der Waals surface area contributed by atoms with Crippen LogP contribution >= 0.6 is 0 Å². The molecule has 2 aliphatic carbocycles. The van der Waals surface area contributed by atoms with E-state index < -0.39 is 0 Å². The minimum absolute atomic E-state index is 1.14. The summed E-state index contributed by atoms with van der Waals surface area (Å²) in [7, 11) is 0. The van der Waals surface area contributed by atoms with Crippen LogP contribution in [0.3, 0.4) is 0 Å². The van der Waals surface area contributed by atoms with Crippen LogP contribution in [0.1, 0.15) is 120 Å². The SMILES string of the molecule is C1CCC(C2CCCCC2)CC1.CC.CC.CC.CC.c1ccccc1. The van der Waals surface area contributed by atoms with Crippen LogP contribution in [0.4, 0.5) is 0 Å². The first-order chi connectivity index (χ1) is 13.0. The van der Waals surface area contributed by atoms with E-state index in [-0.39, 0.29) is 0 Å². The minimum atomic E-state index is 1.14. The smallest absolute Gasteiger partial charge is 0.0386 e. The van der Waals surface area contributed by atoms with Crippen molar-refractivity contribution in [2.75, 3.05) is 0 Å². The second-order valence-corrected chi connectivity index (χ2v) is 5.95.